The monoisotopic (exact) mass is 482 g/mol. The average molecular weight is 483 g/mol. The molecule has 0 unspecified atom stereocenters. The van der Waals surface area contributed by atoms with Crippen molar-refractivity contribution in [1.82, 2.24) is 0 Å². The minimum atomic E-state index is -0.489. The van der Waals surface area contributed by atoms with Gasteiger partial charge in [0.15, 0.2) is 0 Å². The molecule has 190 valence electrons. The lowest BCUT2D eigenvalue weighted by Crippen LogP contribution is -2.37. The number of nitrogens with zero attached hydrogens (tertiary/aromatic N) is 1. The second-order valence-corrected chi connectivity index (χ2v) is 10.6. The smallest absolute Gasteiger partial charge is 0.262 e. The van der Waals surface area contributed by atoms with Gasteiger partial charge in [0, 0.05) is 6.07 Å². The fourth-order valence-corrected chi connectivity index (χ4v) is 3.81. The van der Waals surface area contributed by atoms with Crippen molar-refractivity contribution in [3.8, 4) is 11.5 Å². The molecule has 2 aromatic rings. The van der Waals surface area contributed by atoms with Crippen LogP contribution in [0.3, 0.4) is 0 Å². The molecule has 0 radical (unpaired) electrons. The minimum absolute atomic E-state index is 0.00117. The van der Waals surface area contributed by atoms with Crippen LogP contribution >= 0.6 is 0 Å². The number of amides is 1. The van der Waals surface area contributed by atoms with Crippen molar-refractivity contribution in [2.45, 2.75) is 72.0 Å². The molecule has 0 spiro atoms. The van der Waals surface area contributed by atoms with Gasteiger partial charge in [0.25, 0.3) is 5.91 Å². The van der Waals surface area contributed by atoms with E-state index in [4.69, 9.17) is 9.47 Å². The first kappa shape index (κ1) is 26.6. The molecule has 3 N–H and O–H groups in total. The maximum atomic E-state index is 13.4. The molecule has 0 saturated carbocycles. The van der Waals surface area contributed by atoms with E-state index < -0.39 is 5.60 Å². The van der Waals surface area contributed by atoms with E-state index in [-0.39, 0.29) is 29.7 Å². The summed E-state index contributed by atoms with van der Waals surface area (Å²) < 4.78 is 12.0. The number of para-hydroxylation sites is 1. The molecule has 0 atom stereocenters. The number of nitrogens with one attached hydrogen (secondary N) is 1. The summed E-state index contributed by atoms with van der Waals surface area (Å²) in [6.07, 6.45) is 4.72. The molecule has 35 heavy (non-hydrogen) atoms. The fraction of sp³-hybridized carbons (Fsp3) is 0.464. The fourth-order valence-electron chi connectivity index (χ4n) is 3.81. The zero-order valence-corrected chi connectivity index (χ0v) is 21.6. The van der Waals surface area contributed by atoms with Crippen molar-refractivity contribution < 1.29 is 24.5 Å². The van der Waals surface area contributed by atoms with Gasteiger partial charge in [-0.3, -0.25) is 9.69 Å². The van der Waals surface area contributed by atoms with Gasteiger partial charge in [-0.2, -0.15) is 0 Å². The number of allylic oxidation sites excluding steroid dienone is 1. The van der Waals surface area contributed by atoms with Crippen LogP contribution in [0.4, 0.5) is 17.1 Å². The van der Waals surface area contributed by atoms with Crippen molar-refractivity contribution in [3.05, 3.63) is 53.6 Å². The van der Waals surface area contributed by atoms with Crippen molar-refractivity contribution in [2.75, 3.05) is 23.6 Å². The number of aromatic hydroxyl groups is 2. The molecule has 1 heterocycles. The number of benzene rings is 2. The first-order chi connectivity index (χ1) is 16.4. The van der Waals surface area contributed by atoms with Crippen LogP contribution in [0.15, 0.2) is 48.0 Å². The Bertz CT molecular complexity index is 1090. The van der Waals surface area contributed by atoms with Gasteiger partial charge < -0.3 is 25.0 Å². The highest BCUT2D eigenvalue weighted by Crippen LogP contribution is 2.41. The SMILES string of the molecule is C/C(=C\CCC(C)(C)OCN1C(=O)c2cccc(O)c2Nc2ccc(O)cc21)CCOC(C)(C)C. The Kier molecular flexibility index (Phi) is 8.13. The first-order valence-corrected chi connectivity index (χ1v) is 12.0. The summed E-state index contributed by atoms with van der Waals surface area (Å²) in [5.41, 5.74) is 2.40. The zero-order valence-electron chi connectivity index (χ0n) is 21.6. The standard InChI is InChI=1S/C28H38N2O5/c1-19(14-16-34-27(2,3)4)9-8-15-28(5,6)35-18-30-23-17-20(31)12-13-22(23)29-25-21(26(30)33)10-7-11-24(25)32/h7,9-13,17,29,31-32H,8,14-16,18H2,1-6H3/b19-9+. The molecule has 1 aliphatic heterocycles. The Morgan fingerprint density at radius 1 is 1.09 bits per heavy atom. The predicted octanol–water partition coefficient (Wildman–Crippen LogP) is 6.49. The van der Waals surface area contributed by atoms with Gasteiger partial charge in [0.2, 0.25) is 0 Å². The molecular formula is C28H38N2O5. The number of hydrogen-bond donors (Lipinski definition) is 3. The average Bonchev–Trinajstić information content (AvgIpc) is 2.86. The number of anilines is 3. The lowest BCUT2D eigenvalue weighted by atomic mass is 10.0. The number of hydrogen-bond acceptors (Lipinski definition) is 6. The van der Waals surface area contributed by atoms with Crippen molar-refractivity contribution >= 4 is 23.0 Å². The Balaban J connectivity index is 1.69. The quantitative estimate of drug-likeness (QED) is 0.215. The van der Waals surface area contributed by atoms with E-state index in [1.54, 1.807) is 18.2 Å². The van der Waals surface area contributed by atoms with E-state index in [2.05, 4.69) is 39.1 Å². The topological polar surface area (TPSA) is 91.3 Å². The zero-order chi connectivity index (χ0) is 25.8. The van der Waals surface area contributed by atoms with Crippen LogP contribution in [0.5, 0.6) is 11.5 Å². The van der Waals surface area contributed by atoms with Gasteiger partial charge in [-0.05, 0) is 85.1 Å². The second-order valence-electron chi connectivity index (χ2n) is 10.6. The van der Waals surface area contributed by atoms with Gasteiger partial charge in [0.1, 0.15) is 18.2 Å². The highest BCUT2D eigenvalue weighted by molar-refractivity contribution is 6.14. The molecule has 0 saturated heterocycles. The van der Waals surface area contributed by atoms with Gasteiger partial charge in [0.05, 0.1) is 40.4 Å². The van der Waals surface area contributed by atoms with Crippen molar-refractivity contribution in [2.24, 2.45) is 0 Å². The van der Waals surface area contributed by atoms with Crippen molar-refractivity contribution in [1.29, 1.82) is 0 Å². The van der Waals surface area contributed by atoms with E-state index in [1.807, 2.05) is 13.8 Å². The van der Waals surface area contributed by atoms with Crippen LogP contribution in [-0.2, 0) is 9.47 Å². The number of ether oxygens (including phenoxy) is 2. The van der Waals surface area contributed by atoms with Crippen LogP contribution in [0, 0.1) is 0 Å². The maximum absolute atomic E-state index is 13.4. The lowest BCUT2D eigenvalue weighted by Gasteiger charge is -2.30. The van der Waals surface area contributed by atoms with E-state index in [1.165, 1.54) is 28.7 Å². The molecule has 0 fully saturated rings. The van der Waals surface area contributed by atoms with E-state index in [9.17, 15) is 15.0 Å². The maximum Gasteiger partial charge on any atom is 0.262 e. The molecule has 7 heteroatoms. The van der Waals surface area contributed by atoms with Gasteiger partial charge in [-0.25, -0.2) is 0 Å². The second kappa shape index (κ2) is 10.7. The first-order valence-electron chi connectivity index (χ1n) is 12.0. The summed E-state index contributed by atoms with van der Waals surface area (Å²) in [4.78, 5) is 14.9. The number of carbonyl (C=O) groups is 1. The number of phenolic OH excluding ortho intramolecular Hbond substituents is 2. The summed E-state index contributed by atoms with van der Waals surface area (Å²) in [6, 6.07) is 9.54. The Labute approximate surface area is 208 Å². The number of carbonyl (C=O) groups excluding carboxylic acids is 1. The summed E-state index contributed by atoms with van der Waals surface area (Å²) >= 11 is 0. The predicted molar refractivity (Wildman–Crippen MR) is 140 cm³/mol. The Morgan fingerprint density at radius 2 is 1.83 bits per heavy atom. The molecule has 7 nitrogen and oxygen atoms in total. The van der Waals surface area contributed by atoms with Crippen molar-refractivity contribution in [3.63, 3.8) is 0 Å². The third-order valence-electron chi connectivity index (χ3n) is 5.90. The molecule has 2 aromatic carbocycles. The number of phenols is 2. The summed E-state index contributed by atoms with van der Waals surface area (Å²) in [5, 5.41) is 23.6. The Hall–Kier alpha value is -3.03. The summed E-state index contributed by atoms with van der Waals surface area (Å²) in [7, 11) is 0. The van der Waals surface area contributed by atoms with Gasteiger partial charge in [-0.15, -0.1) is 0 Å². The van der Waals surface area contributed by atoms with E-state index in [0.29, 0.717) is 29.2 Å². The molecular weight excluding hydrogens is 444 g/mol. The van der Waals surface area contributed by atoms with Gasteiger partial charge >= 0.3 is 0 Å². The lowest BCUT2D eigenvalue weighted by molar-refractivity contribution is -0.0208. The highest BCUT2D eigenvalue weighted by Gasteiger charge is 2.30. The van der Waals surface area contributed by atoms with E-state index >= 15 is 0 Å². The number of fused-ring (bicyclic) bond motifs is 2. The molecule has 0 aromatic heterocycles. The molecule has 0 bridgehead atoms. The third-order valence-corrected chi connectivity index (χ3v) is 5.90. The number of rotatable bonds is 9. The van der Waals surface area contributed by atoms with Crippen LogP contribution in [0.25, 0.3) is 0 Å². The van der Waals surface area contributed by atoms with Crippen LogP contribution in [0.1, 0.15) is 71.2 Å². The molecule has 1 amide bonds. The Morgan fingerprint density at radius 3 is 2.54 bits per heavy atom. The third kappa shape index (κ3) is 7.23. The van der Waals surface area contributed by atoms with Crippen LogP contribution < -0.4 is 10.2 Å². The van der Waals surface area contributed by atoms with E-state index in [0.717, 1.165) is 19.3 Å². The molecule has 0 aliphatic carbocycles. The summed E-state index contributed by atoms with van der Waals surface area (Å²) in [6.45, 7) is 13.0. The largest absolute Gasteiger partial charge is 0.508 e. The summed E-state index contributed by atoms with van der Waals surface area (Å²) in [5.74, 6) is -0.306. The molecule has 3 rings (SSSR count). The highest BCUT2D eigenvalue weighted by atomic mass is 16.5. The normalized spacial score (nSPS) is 14.3. The molecule has 1 aliphatic rings. The van der Waals surface area contributed by atoms with Crippen LogP contribution in [-0.4, -0.2) is 40.7 Å². The van der Waals surface area contributed by atoms with Crippen LogP contribution in [0.2, 0.25) is 0 Å². The minimum Gasteiger partial charge on any atom is -0.508 e. The van der Waals surface area contributed by atoms with Gasteiger partial charge in [-0.1, -0.05) is 17.7 Å².